The standard InChI is InChI=1S/C16H20N2O3/c1-2-7-18-13-9-11(17)5-6-14(13)21-15(16(18)19)10-12-4-3-8-20-12/h2-4,8,10-11,13-14H,1,5-7,9,17H2/b15-10+. The summed E-state index contributed by atoms with van der Waals surface area (Å²) in [5.41, 5.74) is 6.04. The van der Waals surface area contributed by atoms with Crippen molar-refractivity contribution in [2.75, 3.05) is 6.54 Å². The Kier molecular flexibility index (Phi) is 3.84. The molecule has 5 heteroatoms. The molecule has 1 aromatic rings. The van der Waals surface area contributed by atoms with E-state index in [1.807, 2.05) is 4.90 Å². The van der Waals surface area contributed by atoms with Crippen LogP contribution in [0, 0.1) is 0 Å². The summed E-state index contributed by atoms with van der Waals surface area (Å²) >= 11 is 0. The smallest absolute Gasteiger partial charge is 0.289 e. The van der Waals surface area contributed by atoms with E-state index in [1.165, 1.54) is 0 Å². The molecule has 5 nitrogen and oxygen atoms in total. The van der Waals surface area contributed by atoms with Gasteiger partial charge in [-0.05, 0) is 31.4 Å². The normalized spacial score (nSPS) is 30.9. The van der Waals surface area contributed by atoms with Crippen LogP contribution in [0.15, 0.2) is 41.2 Å². The SMILES string of the molecule is C=CCN1C(=O)/C(=C\c2ccco2)OC2CCC(N)CC21. The largest absolute Gasteiger partial charge is 0.482 e. The number of rotatable bonds is 3. The molecular formula is C16H20N2O3. The lowest BCUT2D eigenvalue weighted by molar-refractivity contribution is -0.147. The zero-order valence-corrected chi connectivity index (χ0v) is 11.9. The Hall–Kier alpha value is -2.01. The van der Waals surface area contributed by atoms with Gasteiger partial charge < -0.3 is 19.8 Å². The number of nitrogens with two attached hydrogens (primary N) is 1. The molecule has 112 valence electrons. The molecular weight excluding hydrogens is 268 g/mol. The van der Waals surface area contributed by atoms with Gasteiger partial charge in [0.1, 0.15) is 11.9 Å². The van der Waals surface area contributed by atoms with E-state index in [0.717, 1.165) is 19.3 Å². The molecule has 3 unspecified atom stereocenters. The van der Waals surface area contributed by atoms with Crippen LogP contribution in [0.5, 0.6) is 0 Å². The van der Waals surface area contributed by atoms with Crippen LogP contribution in [0.3, 0.4) is 0 Å². The minimum atomic E-state index is -0.123. The lowest BCUT2D eigenvalue weighted by Crippen LogP contribution is -2.57. The second-order valence-corrected chi connectivity index (χ2v) is 5.57. The van der Waals surface area contributed by atoms with E-state index in [4.69, 9.17) is 14.9 Å². The number of morpholine rings is 1. The van der Waals surface area contributed by atoms with E-state index in [2.05, 4.69) is 6.58 Å². The fourth-order valence-corrected chi connectivity index (χ4v) is 3.08. The highest BCUT2D eigenvalue weighted by Gasteiger charge is 2.42. The molecule has 1 aliphatic heterocycles. The molecule has 1 aromatic heterocycles. The molecule has 2 aliphatic rings. The van der Waals surface area contributed by atoms with E-state index in [0.29, 0.717) is 18.1 Å². The van der Waals surface area contributed by atoms with E-state index >= 15 is 0 Å². The summed E-state index contributed by atoms with van der Waals surface area (Å²) in [5.74, 6) is 0.827. The van der Waals surface area contributed by atoms with Crippen molar-refractivity contribution >= 4 is 12.0 Å². The lowest BCUT2D eigenvalue weighted by atomic mass is 9.86. The second kappa shape index (κ2) is 5.77. The van der Waals surface area contributed by atoms with Gasteiger partial charge in [-0.3, -0.25) is 4.79 Å². The summed E-state index contributed by atoms with van der Waals surface area (Å²) < 4.78 is 11.2. The van der Waals surface area contributed by atoms with Crippen LogP contribution in [-0.4, -0.2) is 35.5 Å². The summed E-state index contributed by atoms with van der Waals surface area (Å²) in [6.45, 7) is 4.25. The first-order valence-corrected chi connectivity index (χ1v) is 7.28. The Bertz CT molecular complexity index is 550. The number of hydrogen-bond acceptors (Lipinski definition) is 4. The molecule has 0 bridgehead atoms. The van der Waals surface area contributed by atoms with Crippen molar-refractivity contribution in [2.24, 2.45) is 5.73 Å². The maximum Gasteiger partial charge on any atom is 0.289 e. The molecule has 3 atom stereocenters. The maximum absolute atomic E-state index is 12.6. The van der Waals surface area contributed by atoms with E-state index in [9.17, 15) is 4.79 Å². The third-order valence-corrected chi connectivity index (χ3v) is 4.09. The molecule has 0 aromatic carbocycles. The molecule has 1 aliphatic carbocycles. The fraction of sp³-hybridized carbons (Fsp3) is 0.438. The van der Waals surface area contributed by atoms with Crippen LogP contribution in [0.1, 0.15) is 25.0 Å². The zero-order valence-electron chi connectivity index (χ0n) is 11.9. The first-order chi connectivity index (χ1) is 10.2. The van der Waals surface area contributed by atoms with Crippen molar-refractivity contribution in [2.45, 2.75) is 37.5 Å². The number of nitrogens with zero attached hydrogens (tertiary/aromatic N) is 1. The van der Waals surface area contributed by atoms with Crippen LogP contribution >= 0.6 is 0 Å². The third-order valence-electron chi connectivity index (χ3n) is 4.09. The Morgan fingerprint density at radius 3 is 3.05 bits per heavy atom. The average Bonchev–Trinajstić information content (AvgIpc) is 2.97. The monoisotopic (exact) mass is 288 g/mol. The number of hydrogen-bond donors (Lipinski definition) is 1. The molecule has 0 spiro atoms. The Morgan fingerprint density at radius 2 is 2.33 bits per heavy atom. The van der Waals surface area contributed by atoms with Gasteiger partial charge in [0.2, 0.25) is 0 Å². The molecule has 3 rings (SSSR count). The number of ether oxygens (including phenoxy) is 1. The number of carbonyl (C=O) groups is 1. The molecule has 1 amide bonds. The summed E-state index contributed by atoms with van der Waals surface area (Å²) in [6, 6.07) is 3.74. The Balaban J connectivity index is 1.88. The van der Waals surface area contributed by atoms with Gasteiger partial charge in [-0.2, -0.15) is 0 Å². The van der Waals surface area contributed by atoms with Crippen LogP contribution in [0.2, 0.25) is 0 Å². The predicted molar refractivity (Wildman–Crippen MR) is 79.1 cm³/mol. The van der Waals surface area contributed by atoms with Crippen molar-refractivity contribution in [1.82, 2.24) is 4.90 Å². The third kappa shape index (κ3) is 2.74. The molecule has 1 saturated carbocycles. The Labute approximate surface area is 124 Å². The molecule has 2 N–H and O–H groups in total. The van der Waals surface area contributed by atoms with Gasteiger partial charge in [-0.1, -0.05) is 6.08 Å². The van der Waals surface area contributed by atoms with Crippen molar-refractivity contribution in [1.29, 1.82) is 0 Å². The van der Waals surface area contributed by atoms with Gasteiger partial charge in [0.05, 0.1) is 12.3 Å². The predicted octanol–water partition coefficient (Wildman–Crippen LogP) is 1.91. The van der Waals surface area contributed by atoms with Gasteiger partial charge in [0, 0.05) is 18.7 Å². The molecule has 1 saturated heterocycles. The van der Waals surface area contributed by atoms with Gasteiger partial charge in [0.15, 0.2) is 5.76 Å². The van der Waals surface area contributed by atoms with Crippen LogP contribution in [0.4, 0.5) is 0 Å². The topological polar surface area (TPSA) is 68.7 Å². The van der Waals surface area contributed by atoms with Gasteiger partial charge in [0.25, 0.3) is 5.91 Å². The van der Waals surface area contributed by atoms with Crippen molar-refractivity contribution in [3.05, 3.63) is 42.6 Å². The van der Waals surface area contributed by atoms with Crippen LogP contribution in [0.25, 0.3) is 6.08 Å². The van der Waals surface area contributed by atoms with Gasteiger partial charge in [-0.25, -0.2) is 0 Å². The van der Waals surface area contributed by atoms with E-state index < -0.39 is 0 Å². The molecule has 0 radical (unpaired) electrons. The summed E-state index contributed by atoms with van der Waals surface area (Å²) in [5, 5.41) is 0. The van der Waals surface area contributed by atoms with Crippen LogP contribution in [-0.2, 0) is 9.53 Å². The fourth-order valence-electron chi connectivity index (χ4n) is 3.08. The van der Waals surface area contributed by atoms with Gasteiger partial charge >= 0.3 is 0 Å². The van der Waals surface area contributed by atoms with Crippen molar-refractivity contribution in [3.8, 4) is 0 Å². The molecule has 21 heavy (non-hydrogen) atoms. The van der Waals surface area contributed by atoms with Gasteiger partial charge in [-0.15, -0.1) is 6.58 Å². The minimum absolute atomic E-state index is 0.00339. The quantitative estimate of drug-likeness (QED) is 0.681. The zero-order chi connectivity index (χ0) is 14.8. The number of carbonyl (C=O) groups excluding carboxylic acids is 1. The highest BCUT2D eigenvalue weighted by Crippen LogP contribution is 2.32. The second-order valence-electron chi connectivity index (χ2n) is 5.57. The summed E-state index contributed by atoms with van der Waals surface area (Å²) in [6.07, 6.45) is 7.53. The van der Waals surface area contributed by atoms with Crippen LogP contribution < -0.4 is 5.73 Å². The highest BCUT2D eigenvalue weighted by molar-refractivity contribution is 5.96. The first-order valence-electron chi connectivity index (χ1n) is 7.28. The lowest BCUT2D eigenvalue weighted by Gasteiger charge is -2.45. The summed E-state index contributed by atoms with van der Waals surface area (Å²) in [7, 11) is 0. The van der Waals surface area contributed by atoms with E-state index in [1.54, 1.807) is 30.5 Å². The number of amides is 1. The van der Waals surface area contributed by atoms with Crippen molar-refractivity contribution in [3.63, 3.8) is 0 Å². The Morgan fingerprint density at radius 1 is 1.48 bits per heavy atom. The molecule has 2 heterocycles. The maximum atomic E-state index is 12.6. The highest BCUT2D eigenvalue weighted by atomic mass is 16.5. The molecule has 2 fully saturated rings. The first kappa shape index (κ1) is 13.9. The average molecular weight is 288 g/mol. The minimum Gasteiger partial charge on any atom is -0.482 e. The van der Waals surface area contributed by atoms with Crippen molar-refractivity contribution < 1.29 is 13.9 Å². The number of furan rings is 1. The number of fused-ring (bicyclic) bond motifs is 1. The van der Waals surface area contributed by atoms with E-state index in [-0.39, 0.29) is 24.1 Å². The summed E-state index contributed by atoms with van der Waals surface area (Å²) in [4.78, 5) is 14.4.